The molecule has 3 atom stereocenters. The monoisotopic (exact) mass is 274 g/mol. The minimum absolute atomic E-state index is 0.0440. The van der Waals surface area contributed by atoms with E-state index < -0.39 is 0 Å². The van der Waals surface area contributed by atoms with Crippen molar-refractivity contribution >= 4 is 11.6 Å². The third-order valence-electron chi connectivity index (χ3n) is 5.27. The van der Waals surface area contributed by atoms with E-state index in [2.05, 4.69) is 20.8 Å². The van der Waals surface area contributed by atoms with Gasteiger partial charge in [-0.15, -0.1) is 0 Å². The predicted molar refractivity (Wildman–Crippen MR) is 83.5 cm³/mol. The molecule has 3 unspecified atom stereocenters. The van der Waals surface area contributed by atoms with E-state index >= 15 is 0 Å². The maximum Gasteiger partial charge on any atom is 0.230 e. The van der Waals surface area contributed by atoms with Crippen molar-refractivity contribution in [3.05, 3.63) is 30.3 Å². The highest BCUT2D eigenvalue weighted by molar-refractivity contribution is 5.95. The molecular weight excluding hydrogens is 248 g/mol. The molecule has 0 bridgehead atoms. The van der Waals surface area contributed by atoms with Gasteiger partial charge in [-0.05, 0) is 36.3 Å². The summed E-state index contributed by atoms with van der Waals surface area (Å²) in [6, 6.07) is 10.0. The molecule has 1 aromatic rings. The second-order valence-corrected chi connectivity index (χ2v) is 6.64. The van der Waals surface area contributed by atoms with Gasteiger partial charge in [-0.1, -0.05) is 39.0 Å². The minimum atomic E-state index is -0.0577. The molecule has 2 N–H and O–H groups in total. The summed E-state index contributed by atoms with van der Waals surface area (Å²) >= 11 is 0. The number of carbonyl (C=O) groups excluding carboxylic acids is 1. The molecule has 2 rings (SSSR count). The van der Waals surface area contributed by atoms with Crippen molar-refractivity contribution in [2.45, 2.75) is 39.7 Å². The molecule has 20 heavy (non-hydrogen) atoms. The SMILES string of the molecule is CC1C(N)CCC(C(=O)N(C)c2ccccc2)C1(C)C. The lowest BCUT2D eigenvalue weighted by Gasteiger charge is -2.47. The Balaban J connectivity index is 2.21. The smallest absolute Gasteiger partial charge is 0.230 e. The first-order chi connectivity index (χ1) is 9.35. The molecular formula is C17H26N2O. The lowest BCUT2D eigenvalue weighted by molar-refractivity contribution is -0.129. The van der Waals surface area contributed by atoms with Crippen LogP contribution in [0.3, 0.4) is 0 Å². The van der Waals surface area contributed by atoms with Gasteiger partial charge in [0.2, 0.25) is 5.91 Å². The summed E-state index contributed by atoms with van der Waals surface area (Å²) in [4.78, 5) is 14.6. The van der Waals surface area contributed by atoms with Crippen molar-refractivity contribution in [3.8, 4) is 0 Å². The van der Waals surface area contributed by atoms with Crippen LogP contribution in [0.4, 0.5) is 5.69 Å². The van der Waals surface area contributed by atoms with Gasteiger partial charge < -0.3 is 10.6 Å². The number of para-hydroxylation sites is 1. The van der Waals surface area contributed by atoms with Crippen molar-refractivity contribution in [2.24, 2.45) is 23.0 Å². The standard InChI is InChI=1S/C17H26N2O/c1-12-15(18)11-10-14(17(12,2)3)16(20)19(4)13-8-6-5-7-9-13/h5-9,12,14-15H,10-11,18H2,1-4H3. The molecule has 1 saturated carbocycles. The van der Waals surface area contributed by atoms with Crippen LogP contribution < -0.4 is 10.6 Å². The van der Waals surface area contributed by atoms with Gasteiger partial charge in [-0.3, -0.25) is 4.79 Å². The zero-order valence-corrected chi connectivity index (χ0v) is 13.0. The summed E-state index contributed by atoms with van der Waals surface area (Å²) in [6.45, 7) is 6.53. The highest BCUT2D eigenvalue weighted by atomic mass is 16.2. The van der Waals surface area contributed by atoms with E-state index in [1.807, 2.05) is 37.4 Å². The van der Waals surface area contributed by atoms with Gasteiger partial charge >= 0.3 is 0 Å². The van der Waals surface area contributed by atoms with Crippen LogP contribution >= 0.6 is 0 Å². The Labute approximate surface area is 122 Å². The van der Waals surface area contributed by atoms with Gasteiger partial charge in [0.1, 0.15) is 0 Å². The van der Waals surface area contributed by atoms with E-state index in [9.17, 15) is 4.79 Å². The van der Waals surface area contributed by atoms with Crippen molar-refractivity contribution in [3.63, 3.8) is 0 Å². The van der Waals surface area contributed by atoms with Crippen molar-refractivity contribution < 1.29 is 4.79 Å². The second kappa shape index (κ2) is 5.57. The molecule has 1 aliphatic carbocycles. The molecule has 1 aromatic carbocycles. The summed E-state index contributed by atoms with van der Waals surface area (Å²) in [5, 5.41) is 0. The average molecular weight is 274 g/mol. The van der Waals surface area contributed by atoms with Gasteiger partial charge in [-0.25, -0.2) is 0 Å². The number of benzene rings is 1. The predicted octanol–water partition coefficient (Wildman–Crippen LogP) is 3.05. The van der Waals surface area contributed by atoms with Crippen LogP contribution in [-0.2, 0) is 4.79 Å². The van der Waals surface area contributed by atoms with Gasteiger partial charge in [0.15, 0.2) is 0 Å². The molecule has 0 saturated heterocycles. The first-order valence-electron chi connectivity index (χ1n) is 7.44. The van der Waals surface area contributed by atoms with Crippen LogP contribution in [0.1, 0.15) is 33.6 Å². The Morgan fingerprint density at radius 2 is 1.85 bits per heavy atom. The fourth-order valence-corrected chi connectivity index (χ4v) is 3.30. The van der Waals surface area contributed by atoms with E-state index in [4.69, 9.17) is 5.73 Å². The third kappa shape index (κ3) is 2.59. The number of rotatable bonds is 2. The number of carbonyl (C=O) groups is 1. The number of anilines is 1. The van der Waals surface area contributed by atoms with Crippen molar-refractivity contribution in [1.29, 1.82) is 0 Å². The second-order valence-electron chi connectivity index (χ2n) is 6.64. The zero-order chi connectivity index (χ0) is 14.9. The van der Waals surface area contributed by atoms with Gasteiger partial charge in [0.25, 0.3) is 0 Å². The van der Waals surface area contributed by atoms with Crippen LogP contribution in [0.25, 0.3) is 0 Å². The quantitative estimate of drug-likeness (QED) is 0.901. The highest BCUT2D eigenvalue weighted by Gasteiger charge is 2.45. The highest BCUT2D eigenvalue weighted by Crippen LogP contribution is 2.45. The van der Waals surface area contributed by atoms with Crippen LogP contribution in [0.5, 0.6) is 0 Å². The molecule has 1 fully saturated rings. The molecule has 0 aliphatic heterocycles. The summed E-state index contributed by atoms with van der Waals surface area (Å²) in [7, 11) is 1.87. The molecule has 0 radical (unpaired) electrons. The van der Waals surface area contributed by atoms with Gasteiger partial charge in [0.05, 0.1) is 0 Å². The fourth-order valence-electron chi connectivity index (χ4n) is 3.30. The molecule has 0 spiro atoms. The van der Waals surface area contributed by atoms with Crippen LogP contribution in [-0.4, -0.2) is 19.0 Å². The molecule has 0 heterocycles. The Morgan fingerprint density at radius 1 is 1.25 bits per heavy atom. The molecule has 1 amide bonds. The molecule has 110 valence electrons. The maximum absolute atomic E-state index is 12.9. The zero-order valence-electron chi connectivity index (χ0n) is 13.0. The first kappa shape index (κ1) is 15.0. The topological polar surface area (TPSA) is 46.3 Å². The first-order valence-corrected chi connectivity index (χ1v) is 7.44. The number of amides is 1. The average Bonchev–Trinajstić information content (AvgIpc) is 2.44. The van der Waals surface area contributed by atoms with Gasteiger partial charge in [-0.2, -0.15) is 0 Å². The lowest BCUT2D eigenvalue weighted by Crippen LogP contribution is -2.52. The van der Waals surface area contributed by atoms with E-state index in [1.165, 1.54) is 0 Å². The minimum Gasteiger partial charge on any atom is -0.327 e. The molecule has 3 heteroatoms. The number of nitrogens with two attached hydrogens (primary N) is 1. The van der Waals surface area contributed by atoms with E-state index in [0.29, 0.717) is 5.92 Å². The number of nitrogens with zero attached hydrogens (tertiary/aromatic N) is 1. The maximum atomic E-state index is 12.9. The van der Waals surface area contributed by atoms with E-state index in [1.54, 1.807) is 4.90 Å². The Morgan fingerprint density at radius 3 is 2.45 bits per heavy atom. The summed E-state index contributed by atoms with van der Waals surface area (Å²) in [5.41, 5.74) is 7.08. The third-order valence-corrected chi connectivity index (χ3v) is 5.27. The van der Waals surface area contributed by atoms with Gasteiger partial charge in [0, 0.05) is 24.7 Å². The Hall–Kier alpha value is -1.35. The normalized spacial score (nSPS) is 28.9. The summed E-state index contributed by atoms with van der Waals surface area (Å²) < 4.78 is 0. The van der Waals surface area contributed by atoms with Crippen molar-refractivity contribution in [2.75, 3.05) is 11.9 Å². The van der Waals surface area contributed by atoms with Crippen LogP contribution in [0.15, 0.2) is 30.3 Å². The Bertz CT molecular complexity index is 469. The Kier molecular flexibility index (Phi) is 4.19. The van der Waals surface area contributed by atoms with E-state index in [-0.39, 0.29) is 23.3 Å². The fraction of sp³-hybridized carbons (Fsp3) is 0.588. The van der Waals surface area contributed by atoms with Crippen LogP contribution in [0, 0.1) is 17.3 Å². The molecule has 3 nitrogen and oxygen atoms in total. The summed E-state index contributed by atoms with van der Waals surface area (Å²) in [6.07, 6.45) is 1.82. The van der Waals surface area contributed by atoms with Crippen LogP contribution in [0.2, 0.25) is 0 Å². The lowest BCUT2D eigenvalue weighted by atomic mass is 9.60. The molecule has 1 aliphatic rings. The van der Waals surface area contributed by atoms with Crippen molar-refractivity contribution in [1.82, 2.24) is 0 Å². The summed E-state index contributed by atoms with van der Waals surface area (Å²) in [5.74, 6) is 0.608. The van der Waals surface area contributed by atoms with E-state index in [0.717, 1.165) is 18.5 Å². The number of hydrogen-bond donors (Lipinski definition) is 1. The largest absolute Gasteiger partial charge is 0.327 e. The molecule has 0 aromatic heterocycles. The number of hydrogen-bond acceptors (Lipinski definition) is 2.